The summed E-state index contributed by atoms with van der Waals surface area (Å²) < 4.78 is 5.56. The van der Waals surface area contributed by atoms with Gasteiger partial charge in [-0.2, -0.15) is 0 Å². The molecule has 0 amide bonds. The predicted octanol–water partition coefficient (Wildman–Crippen LogP) is 5.03. The van der Waals surface area contributed by atoms with E-state index in [4.69, 9.17) is 4.74 Å². The van der Waals surface area contributed by atoms with Crippen LogP contribution in [-0.2, 0) is 9.53 Å². The number of hydrogen-bond donors (Lipinski definition) is 0. The van der Waals surface area contributed by atoms with Crippen molar-refractivity contribution in [1.29, 1.82) is 0 Å². The van der Waals surface area contributed by atoms with E-state index in [9.17, 15) is 4.79 Å². The van der Waals surface area contributed by atoms with Gasteiger partial charge >= 0.3 is 5.97 Å². The number of ether oxygens (including phenoxy) is 1. The van der Waals surface area contributed by atoms with Crippen molar-refractivity contribution in [1.82, 2.24) is 0 Å². The number of hydrogen-bond acceptors (Lipinski definition) is 2. The van der Waals surface area contributed by atoms with Crippen molar-refractivity contribution in [2.24, 2.45) is 0 Å². The van der Waals surface area contributed by atoms with E-state index >= 15 is 0 Å². The number of rotatable bonds is 11. The van der Waals surface area contributed by atoms with Gasteiger partial charge in [0.1, 0.15) is 5.60 Å². The highest BCUT2D eigenvalue weighted by Gasteiger charge is 2.29. The maximum absolute atomic E-state index is 11.4. The van der Waals surface area contributed by atoms with E-state index in [1.165, 1.54) is 38.2 Å². The molecule has 0 aromatic rings. The van der Waals surface area contributed by atoms with Gasteiger partial charge < -0.3 is 4.74 Å². The largest absolute Gasteiger partial charge is 0.456 e. The second kappa shape index (κ2) is 10.2. The van der Waals surface area contributed by atoms with E-state index < -0.39 is 0 Å². The Kier molecular flexibility index (Phi) is 9.72. The number of unbranched alkanes of at least 4 members (excludes halogenated alkanes) is 5. The van der Waals surface area contributed by atoms with Crippen LogP contribution in [0.15, 0.2) is 12.7 Å². The fraction of sp³-hybridized carbons (Fsp3) is 0.812. The molecule has 0 aliphatic rings. The van der Waals surface area contributed by atoms with Crippen LogP contribution in [0.2, 0.25) is 0 Å². The minimum Gasteiger partial charge on any atom is -0.456 e. The second-order valence-electron chi connectivity index (χ2n) is 5.03. The van der Waals surface area contributed by atoms with Gasteiger partial charge in [-0.3, -0.25) is 0 Å². The van der Waals surface area contributed by atoms with Crippen LogP contribution in [-0.4, -0.2) is 11.6 Å². The fourth-order valence-corrected chi connectivity index (χ4v) is 2.28. The molecule has 18 heavy (non-hydrogen) atoms. The van der Waals surface area contributed by atoms with Gasteiger partial charge in [-0.15, -0.1) is 0 Å². The van der Waals surface area contributed by atoms with Gasteiger partial charge in [-0.1, -0.05) is 59.5 Å². The Morgan fingerprint density at radius 3 is 2.11 bits per heavy atom. The SMILES string of the molecule is C=CC(=O)OC(CC)(CC)CCCCCCCC. The second-order valence-corrected chi connectivity index (χ2v) is 5.03. The molecular formula is C16H30O2. The van der Waals surface area contributed by atoms with Crippen LogP contribution >= 0.6 is 0 Å². The van der Waals surface area contributed by atoms with Crippen LogP contribution in [0.5, 0.6) is 0 Å². The summed E-state index contributed by atoms with van der Waals surface area (Å²) in [6.45, 7) is 9.89. The quantitative estimate of drug-likeness (QED) is 0.294. The molecule has 0 saturated carbocycles. The van der Waals surface area contributed by atoms with E-state index in [-0.39, 0.29) is 11.6 Å². The summed E-state index contributed by atoms with van der Waals surface area (Å²) in [6, 6.07) is 0. The third-order valence-electron chi connectivity index (χ3n) is 3.76. The fourth-order valence-electron chi connectivity index (χ4n) is 2.28. The summed E-state index contributed by atoms with van der Waals surface area (Å²) in [5.74, 6) is -0.287. The molecular weight excluding hydrogens is 224 g/mol. The van der Waals surface area contributed by atoms with Gasteiger partial charge in [0, 0.05) is 6.08 Å². The van der Waals surface area contributed by atoms with Crippen molar-refractivity contribution in [2.75, 3.05) is 0 Å². The van der Waals surface area contributed by atoms with Crippen LogP contribution in [0.3, 0.4) is 0 Å². The summed E-state index contributed by atoms with van der Waals surface area (Å²) >= 11 is 0. The van der Waals surface area contributed by atoms with Gasteiger partial charge in [0.25, 0.3) is 0 Å². The highest BCUT2D eigenvalue weighted by atomic mass is 16.6. The molecule has 0 fully saturated rings. The van der Waals surface area contributed by atoms with Crippen LogP contribution in [0.1, 0.15) is 78.6 Å². The predicted molar refractivity (Wildman–Crippen MR) is 77.6 cm³/mol. The molecule has 0 unspecified atom stereocenters. The topological polar surface area (TPSA) is 26.3 Å². The monoisotopic (exact) mass is 254 g/mol. The van der Waals surface area contributed by atoms with Crippen LogP contribution in [0.4, 0.5) is 0 Å². The first-order valence-corrected chi connectivity index (χ1v) is 7.49. The maximum atomic E-state index is 11.4. The Morgan fingerprint density at radius 1 is 1.06 bits per heavy atom. The normalized spacial score (nSPS) is 11.3. The van der Waals surface area contributed by atoms with E-state index in [1.807, 2.05) is 0 Å². The molecule has 2 nitrogen and oxygen atoms in total. The van der Waals surface area contributed by atoms with Crippen molar-refractivity contribution >= 4 is 5.97 Å². The molecule has 0 saturated heterocycles. The zero-order valence-electron chi connectivity index (χ0n) is 12.5. The van der Waals surface area contributed by atoms with E-state index in [0.717, 1.165) is 25.7 Å². The first kappa shape index (κ1) is 17.2. The number of esters is 1. The lowest BCUT2D eigenvalue weighted by Gasteiger charge is -2.31. The Labute approximate surface area is 113 Å². The summed E-state index contributed by atoms with van der Waals surface area (Å²) in [5.41, 5.74) is -0.268. The highest BCUT2D eigenvalue weighted by Crippen LogP contribution is 2.28. The molecule has 0 aromatic heterocycles. The summed E-state index contributed by atoms with van der Waals surface area (Å²) in [7, 11) is 0. The van der Waals surface area contributed by atoms with Crippen LogP contribution in [0.25, 0.3) is 0 Å². The van der Waals surface area contributed by atoms with Crippen molar-refractivity contribution in [3.8, 4) is 0 Å². The number of carbonyl (C=O) groups is 1. The minimum atomic E-state index is -0.287. The van der Waals surface area contributed by atoms with Gasteiger partial charge in [0.05, 0.1) is 0 Å². The first-order chi connectivity index (χ1) is 8.64. The molecule has 0 radical (unpaired) electrons. The first-order valence-electron chi connectivity index (χ1n) is 7.49. The lowest BCUT2D eigenvalue weighted by molar-refractivity contribution is -0.155. The maximum Gasteiger partial charge on any atom is 0.330 e. The van der Waals surface area contributed by atoms with Gasteiger partial charge in [-0.25, -0.2) is 4.79 Å². The summed E-state index contributed by atoms with van der Waals surface area (Å²) in [6.07, 6.45) is 11.6. The molecule has 2 heteroatoms. The molecule has 106 valence electrons. The zero-order valence-corrected chi connectivity index (χ0v) is 12.5. The number of carbonyl (C=O) groups excluding carboxylic acids is 1. The Morgan fingerprint density at radius 2 is 1.61 bits per heavy atom. The molecule has 0 heterocycles. The van der Waals surface area contributed by atoms with Crippen molar-refractivity contribution in [2.45, 2.75) is 84.2 Å². The average Bonchev–Trinajstić information content (AvgIpc) is 2.41. The highest BCUT2D eigenvalue weighted by molar-refractivity contribution is 5.81. The Hall–Kier alpha value is -0.790. The van der Waals surface area contributed by atoms with Crippen molar-refractivity contribution in [3.05, 3.63) is 12.7 Å². The van der Waals surface area contributed by atoms with Crippen LogP contribution in [0, 0.1) is 0 Å². The van der Waals surface area contributed by atoms with E-state index in [0.29, 0.717) is 0 Å². The van der Waals surface area contributed by atoms with Gasteiger partial charge in [0.15, 0.2) is 0 Å². The lowest BCUT2D eigenvalue weighted by atomic mass is 9.90. The summed E-state index contributed by atoms with van der Waals surface area (Å²) in [4.78, 5) is 11.4. The molecule has 0 N–H and O–H groups in total. The Bertz CT molecular complexity index is 229. The molecule has 0 bridgehead atoms. The van der Waals surface area contributed by atoms with Gasteiger partial charge in [0.2, 0.25) is 0 Å². The molecule has 0 aliphatic carbocycles. The molecule has 0 atom stereocenters. The van der Waals surface area contributed by atoms with Crippen LogP contribution < -0.4 is 0 Å². The standard InChI is InChI=1S/C16H30O2/c1-5-9-10-11-12-13-14-16(7-3,8-4)18-15(17)6-2/h6H,2,5,7-14H2,1,3-4H3. The van der Waals surface area contributed by atoms with Gasteiger partial charge in [-0.05, 0) is 25.7 Å². The molecule has 0 rings (SSSR count). The zero-order chi connectivity index (χ0) is 13.9. The lowest BCUT2D eigenvalue weighted by Crippen LogP contribution is -2.33. The average molecular weight is 254 g/mol. The molecule has 0 aliphatic heterocycles. The minimum absolute atomic E-state index is 0.268. The third-order valence-corrected chi connectivity index (χ3v) is 3.76. The molecule has 0 spiro atoms. The molecule has 0 aromatic carbocycles. The third kappa shape index (κ3) is 6.83. The summed E-state index contributed by atoms with van der Waals surface area (Å²) in [5, 5.41) is 0. The smallest absolute Gasteiger partial charge is 0.330 e. The Balaban J connectivity index is 4.02. The van der Waals surface area contributed by atoms with Crippen molar-refractivity contribution in [3.63, 3.8) is 0 Å². The van der Waals surface area contributed by atoms with E-state index in [1.54, 1.807) is 0 Å². The van der Waals surface area contributed by atoms with Crippen molar-refractivity contribution < 1.29 is 9.53 Å². The van der Waals surface area contributed by atoms with E-state index in [2.05, 4.69) is 27.4 Å².